The second-order valence-electron chi connectivity index (χ2n) is 5.80. The Balaban J connectivity index is 2.21. The van der Waals surface area contributed by atoms with Crippen molar-refractivity contribution in [3.05, 3.63) is 4.91 Å². The van der Waals surface area contributed by atoms with Crippen molar-refractivity contribution in [3.63, 3.8) is 0 Å². The quantitative estimate of drug-likeness (QED) is 0.616. The van der Waals surface area contributed by atoms with Gasteiger partial charge in [0.25, 0.3) is 0 Å². The summed E-state index contributed by atoms with van der Waals surface area (Å²) >= 11 is 0. The molecule has 3 fully saturated rings. The average molecular weight is 205 g/mol. The van der Waals surface area contributed by atoms with E-state index in [4.69, 9.17) is 0 Å². The molecule has 0 amide bonds. The lowest BCUT2D eigenvalue weighted by atomic mass is 9.66. The SMILES string of the molecule is CC12CN(N=O)C3(C#N)CC1CCC23C. The Morgan fingerprint density at radius 1 is 1.53 bits per heavy atom. The van der Waals surface area contributed by atoms with Gasteiger partial charge in [0.05, 0.1) is 11.4 Å². The van der Waals surface area contributed by atoms with Crippen LogP contribution in [0.15, 0.2) is 5.29 Å². The highest BCUT2D eigenvalue weighted by molar-refractivity contribution is 5.34. The summed E-state index contributed by atoms with van der Waals surface area (Å²) < 4.78 is 0. The zero-order valence-electron chi connectivity index (χ0n) is 9.16. The number of hydrogen-bond acceptors (Lipinski definition) is 3. The van der Waals surface area contributed by atoms with E-state index in [0.29, 0.717) is 12.5 Å². The van der Waals surface area contributed by atoms with Gasteiger partial charge in [-0.2, -0.15) is 5.26 Å². The van der Waals surface area contributed by atoms with E-state index in [1.807, 2.05) is 0 Å². The Hall–Kier alpha value is -1.11. The van der Waals surface area contributed by atoms with Gasteiger partial charge in [0, 0.05) is 12.0 Å². The van der Waals surface area contributed by atoms with Crippen molar-refractivity contribution in [2.45, 2.75) is 38.6 Å². The summed E-state index contributed by atoms with van der Waals surface area (Å²) in [6.07, 6.45) is 3.11. The van der Waals surface area contributed by atoms with Gasteiger partial charge in [-0.25, -0.2) is 5.01 Å². The molecule has 2 aliphatic carbocycles. The lowest BCUT2D eigenvalue weighted by Gasteiger charge is -2.39. The van der Waals surface area contributed by atoms with E-state index in [9.17, 15) is 10.2 Å². The van der Waals surface area contributed by atoms with Gasteiger partial charge in [0.2, 0.25) is 0 Å². The van der Waals surface area contributed by atoms with E-state index < -0.39 is 5.54 Å². The Kier molecular flexibility index (Phi) is 1.33. The Bertz CT molecular complexity index is 390. The third kappa shape index (κ3) is 0.614. The minimum absolute atomic E-state index is 0.0344. The largest absolute Gasteiger partial charge is 0.239 e. The van der Waals surface area contributed by atoms with Gasteiger partial charge in [0.15, 0.2) is 5.54 Å². The zero-order chi connectivity index (χ0) is 10.9. The lowest BCUT2D eigenvalue weighted by molar-refractivity contribution is 0.0731. The van der Waals surface area contributed by atoms with Crippen LogP contribution in [0.1, 0.15) is 33.1 Å². The average Bonchev–Trinajstić information content (AvgIpc) is 2.68. The predicted molar refractivity (Wildman–Crippen MR) is 54.4 cm³/mol. The molecule has 3 aliphatic rings. The predicted octanol–water partition coefficient (Wildman–Crippen LogP) is 2.07. The fourth-order valence-electron chi connectivity index (χ4n) is 4.57. The summed E-state index contributed by atoms with van der Waals surface area (Å²) in [7, 11) is 0. The highest BCUT2D eigenvalue weighted by Crippen LogP contribution is 2.75. The molecular formula is C11H15N3O. The molecule has 0 aromatic rings. The molecule has 0 radical (unpaired) electrons. The number of nitrogens with zero attached hydrogens (tertiary/aromatic N) is 3. The number of rotatable bonds is 1. The van der Waals surface area contributed by atoms with Gasteiger partial charge < -0.3 is 0 Å². The van der Waals surface area contributed by atoms with Crippen molar-refractivity contribution in [2.24, 2.45) is 22.0 Å². The molecule has 1 aliphatic heterocycles. The zero-order valence-corrected chi connectivity index (χ0v) is 9.16. The Labute approximate surface area is 89.2 Å². The van der Waals surface area contributed by atoms with Gasteiger partial charge in [-0.05, 0) is 30.6 Å². The maximum atomic E-state index is 10.8. The second-order valence-corrected chi connectivity index (χ2v) is 5.80. The molecule has 0 aromatic carbocycles. The van der Waals surface area contributed by atoms with Gasteiger partial charge >= 0.3 is 0 Å². The molecule has 4 atom stereocenters. The first-order valence-corrected chi connectivity index (χ1v) is 5.56. The van der Waals surface area contributed by atoms with Gasteiger partial charge in [-0.1, -0.05) is 13.8 Å². The maximum Gasteiger partial charge on any atom is 0.153 e. The molecule has 2 saturated carbocycles. The molecule has 4 nitrogen and oxygen atoms in total. The standard InChI is InChI=1S/C11H15N3O/c1-9-7-14(13-15)11(6-12)5-8(9)3-4-10(9,11)2/h8H,3-5,7H2,1-2H3. The van der Waals surface area contributed by atoms with Crippen LogP contribution in [-0.2, 0) is 0 Å². The van der Waals surface area contributed by atoms with E-state index in [2.05, 4.69) is 25.2 Å². The molecule has 15 heavy (non-hydrogen) atoms. The Morgan fingerprint density at radius 3 is 2.80 bits per heavy atom. The molecule has 80 valence electrons. The molecule has 0 aromatic heterocycles. The van der Waals surface area contributed by atoms with Crippen LogP contribution in [0.2, 0.25) is 0 Å². The van der Waals surface area contributed by atoms with E-state index in [1.165, 1.54) is 11.4 Å². The fraction of sp³-hybridized carbons (Fsp3) is 0.909. The van der Waals surface area contributed by atoms with Gasteiger partial charge in [-0.3, -0.25) is 0 Å². The second kappa shape index (κ2) is 2.18. The van der Waals surface area contributed by atoms with Crippen LogP contribution in [0.25, 0.3) is 0 Å². The molecule has 1 heterocycles. The first kappa shape index (κ1) is 9.14. The molecule has 4 unspecified atom stereocenters. The summed E-state index contributed by atoms with van der Waals surface area (Å²) in [6, 6.07) is 2.40. The van der Waals surface area contributed by atoms with Crippen molar-refractivity contribution < 1.29 is 0 Å². The number of piperidine rings is 1. The molecule has 4 heteroatoms. The first-order valence-electron chi connectivity index (χ1n) is 5.56. The van der Waals surface area contributed by atoms with Crippen LogP contribution >= 0.6 is 0 Å². The van der Waals surface area contributed by atoms with E-state index in [0.717, 1.165) is 12.8 Å². The van der Waals surface area contributed by atoms with Crippen molar-refractivity contribution in [3.8, 4) is 6.07 Å². The normalized spacial score (nSPS) is 55.8. The van der Waals surface area contributed by atoms with Crippen LogP contribution in [0, 0.1) is 33.0 Å². The topological polar surface area (TPSA) is 56.5 Å². The van der Waals surface area contributed by atoms with E-state index in [-0.39, 0.29) is 10.8 Å². The monoisotopic (exact) mass is 205 g/mol. The van der Waals surface area contributed by atoms with Crippen LogP contribution < -0.4 is 0 Å². The van der Waals surface area contributed by atoms with Crippen LogP contribution in [0.4, 0.5) is 0 Å². The molecule has 3 rings (SSSR count). The highest BCUT2D eigenvalue weighted by Gasteiger charge is 2.78. The summed E-state index contributed by atoms with van der Waals surface area (Å²) in [6.45, 7) is 5.08. The van der Waals surface area contributed by atoms with Crippen LogP contribution in [0.3, 0.4) is 0 Å². The van der Waals surface area contributed by atoms with Crippen molar-refractivity contribution in [1.82, 2.24) is 5.01 Å². The van der Waals surface area contributed by atoms with E-state index >= 15 is 0 Å². The third-order valence-electron chi connectivity index (χ3n) is 5.81. The number of hydrogen-bond donors (Lipinski definition) is 0. The van der Waals surface area contributed by atoms with E-state index in [1.54, 1.807) is 0 Å². The smallest absolute Gasteiger partial charge is 0.153 e. The molecule has 4 bridgehead atoms. The maximum absolute atomic E-state index is 10.8. The number of nitroso groups, excluding NO2 is 1. The molecule has 1 saturated heterocycles. The lowest BCUT2D eigenvalue weighted by Crippen LogP contribution is -2.49. The molecule has 0 N–H and O–H groups in total. The minimum atomic E-state index is -0.605. The minimum Gasteiger partial charge on any atom is -0.239 e. The molecule has 0 spiro atoms. The number of nitriles is 1. The first-order chi connectivity index (χ1) is 7.04. The van der Waals surface area contributed by atoms with Gasteiger partial charge in [0.1, 0.15) is 0 Å². The third-order valence-corrected chi connectivity index (χ3v) is 5.81. The van der Waals surface area contributed by atoms with Crippen molar-refractivity contribution >= 4 is 0 Å². The molecular weight excluding hydrogens is 190 g/mol. The Morgan fingerprint density at radius 2 is 2.27 bits per heavy atom. The summed E-state index contributed by atoms with van der Waals surface area (Å²) in [4.78, 5) is 10.8. The van der Waals surface area contributed by atoms with Crippen LogP contribution in [-0.4, -0.2) is 17.1 Å². The van der Waals surface area contributed by atoms with Crippen molar-refractivity contribution in [1.29, 1.82) is 5.26 Å². The van der Waals surface area contributed by atoms with Crippen LogP contribution in [0.5, 0.6) is 0 Å². The summed E-state index contributed by atoms with van der Waals surface area (Å²) in [5.41, 5.74) is -0.517. The fourth-order valence-corrected chi connectivity index (χ4v) is 4.57. The van der Waals surface area contributed by atoms with Gasteiger partial charge in [-0.15, -0.1) is 4.91 Å². The summed E-state index contributed by atoms with van der Waals surface area (Å²) in [5.74, 6) is 0.611. The highest BCUT2D eigenvalue weighted by atomic mass is 16.3. The van der Waals surface area contributed by atoms with Crippen molar-refractivity contribution in [2.75, 3.05) is 6.54 Å². The summed E-state index contributed by atoms with van der Waals surface area (Å²) in [5, 5.41) is 14.1.